The van der Waals surface area contributed by atoms with Crippen molar-refractivity contribution in [1.82, 2.24) is 10.2 Å². The number of methoxy groups -OCH3 is 1. The molecular formula is C37H41N3O6. The number of non-ortho nitro benzene ring substituents is 1. The number of likely N-dealkylation sites (tertiary alicyclic amines) is 1. The van der Waals surface area contributed by atoms with E-state index in [-0.39, 0.29) is 28.9 Å². The number of unbranched alkanes of at least 4 members (excludes halogenated alkanes) is 1. The van der Waals surface area contributed by atoms with Crippen LogP contribution in [-0.2, 0) is 24.5 Å². The largest absolute Gasteiger partial charge is 0.466 e. The molecule has 2 heterocycles. The Labute approximate surface area is 270 Å². The van der Waals surface area contributed by atoms with E-state index in [0.717, 1.165) is 38.9 Å². The molecule has 0 amide bonds. The lowest BCUT2D eigenvalue weighted by atomic mass is 9.68. The number of benzene rings is 3. The van der Waals surface area contributed by atoms with Crippen molar-refractivity contribution in [3.05, 3.63) is 134 Å². The summed E-state index contributed by atoms with van der Waals surface area (Å²) in [6, 6.07) is 27.5. The van der Waals surface area contributed by atoms with E-state index in [9.17, 15) is 19.7 Å². The Kier molecular flexibility index (Phi) is 10.3. The molecule has 0 spiro atoms. The summed E-state index contributed by atoms with van der Waals surface area (Å²) >= 11 is 0. The fourth-order valence-electron chi connectivity index (χ4n) is 6.89. The number of nitrogens with zero attached hydrogens (tertiary/aromatic N) is 2. The first-order valence-electron chi connectivity index (χ1n) is 15.8. The summed E-state index contributed by atoms with van der Waals surface area (Å²) in [6.45, 7) is 6.54. The normalized spacial score (nSPS) is 18.1. The molecule has 1 saturated heterocycles. The molecule has 3 aromatic carbocycles. The van der Waals surface area contributed by atoms with E-state index < -0.39 is 22.8 Å². The molecule has 46 heavy (non-hydrogen) atoms. The standard InChI is InChI=1S/C37H41N3O6/c1-26-32(35(41)45-3)34(28-13-12-18-31(25-28)40(43)44)33(27(2)38-26)36(42)46-24-11-10-21-39-22-19-37(20-23-39,29-14-6-4-7-15-29)30-16-8-5-9-17-30/h4-9,12-18,25,34,38H,10-11,19-24H2,1-3H3. The van der Waals surface area contributed by atoms with Gasteiger partial charge in [0.05, 0.1) is 35.7 Å². The van der Waals surface area contributed by atoms with Crippen molar-refractivity contribution in [2.24, 2.45) is 0 Å². The van der Waals surface area contributed by atoms with Gasteiger partial charge in [-0.3, -0.25) is 10.1 Å². The monoisotopic (exact) mass is 623 g/mol. The summed E-state index contributed by atoms with van der Waals surface area (Å²) in [5.74, 6) is -2.06. The third kappa shape index (κ3) is 6.89. The summed E-state index contributed by atoms with van der Waals surface area (Å²) < 4.78 is 10.8. The molecule has 0 aromatic heterocycles. The quantitative estimate of drug-likeness (QED) is 0.113. The number of nitro benzene ring substituents is 1. The fourth-order valence-corrected chi connectivity index (χ4v) is 6.89. The van der Waals surface area contributed by atoms with Gasteiger partial charge in [0.1, 0.15) is 0 Å². The third-order valence-corrected chi connectivity index (χ3v) is 9.26. The van der Waals surface area contributed by atoms with Gasteiger partial charge < -0.3 is 19.7 Å². The maximum atomic E-state index is 13.5. The van der Waals surface area contributed by atoms with E-state index in [0.29, 0.717) is 23.4 Å². The minimum atomic E-state index is -0.871. The van der Waals surface area contributed by atoms with Crippen molar-refractivity contribution in [2.75, 3.05) is 33.4 Å². The Morgan fingerprint density at radius 1 is 0.870 bits per heavy atom. The topological polar surface area (TPSA) is 111 Å². The van der Waals surface area contributed by atoms with Gasteiger partial charge >= 0.3 is 11.9 Å². The van der Waals surface area contributed by atoms with Crippen LogP contribution in [0.5, 0.6) is 0 Å². The molecule has 3 aromatic rings. The average Bonchev–Trinajstić information content (AvgIpc) is 3.08. The molecule has 0 saturated carbocycles. The molecule has 1 fully saturated rings. The number of nitrogens with one attached hydrogen (secondary N) is 1. The molecule has 9 nitrogen and oxygen atoms in total. The number of piperidine rings is 1. The Morgan fingerprint density at radius 2 is 1.46 bits per heavy atom. The van der Waals surface area contributed by atoms with Gasteiger partial charge in [-0.1, -0.05) is 72.8 Å². The highest BCUT2D eigenvalue weighted by atomic mass is 16.6. The second-order valence-electron chi connectivity index (χ2n) is 12.0. The van der Waals surface area contributed by atoms with Crippen LogP contribution < -0.4 is 5.32 Å². The Balaban J connectivity index is 1.20. The van der Waals surface area contributed by atoms with E-state index in [1.165, 1.54) is 30.4 Å². The average molecular weight is 624 g/mol. The number of ether oxygens (including phenoxy) is 2. The molecule has 2 aliphatic heterocycles. The van der Waals surface area contributed by atoms with Crippen molar-refractivity contribution in [3.8, 4) is 0 Å². The zero-order valence-corrected chi connectivity index (χ0v) is 26.7. The van der Waals surface area contributed by atoms with Crippen molar-refractivity contribution < 1.29 is 24.0 Å². The first-order chi connectivity index (χ1) is 22.2. The molecule has 240 valence electrons. The zero-order valence-electron chi connectivity index (χ0n) is 26.7. The van der Waals surface area contributed by atoms with Gasteiger partial charge in [-0.15, -0.1) is 0 Å². The van der Waals surface area contributed by atoms with Crippen molar-refractivity contribution in [2.45, 2.75) is 50.9 Å². The van der Waals surface area contributed by atoms with E-state index in [1.54, 1.807) is 26.0 Å². The number of allylic oxidation sites excluding steroid dienone is 2. The first-order valence-corrected chi connectivity index (χ1v) is 15.8. The molecule has 0 aliphatic carbocycles. The SMILES string of the molecule is COC(=O)C1=C(C)NC(C)=C(C(=O)OCCCCN2CCC(c3ccccc3)(c3ccccc3)CC2)C1c1cccc([N+](=O)[O-])c1. The Morgan fingerprint density at radius 3 is 2.02 bits per heavy atom. The van der Waals surface area contributed by atoms with Crippen LogP contribution in [0.25, 0.3) is 0 Å². The summed E-state index contributed by atoms with van der Waals surface area (Å²) in [4.78, 5) is 39.9. The smallest absolute Gasteiger partial charge is 0.336 e. The van der Waals surface area contributed by atoms with Crippen LogP contribution in [0, 0.1) is 10.1 Å². The van der Waals surface area contributed by atoms with Gasteiger partial charge in [0.15, 0.2) is 0 Å². The highest BCUT2D eigenvalue weighted by molar-refractivity contribution is 5.99. The van der Waals surface area contributed by atoms with Gasteiger partial charge in [0.2, 0.25) is 0 Å². The van der Waals surface area contributed by atoms with E-state index in [4.69, 9.17) is 9.47 Å². The maximum Gasteiger partial charge on any atom is 0.336 e. The lowest BCUT2D eigenvalue weighted by Crippen LogP contribution is -2.43. The number of esters is 2. The number of hydrogen-bond acceptors (Lipinski definition) is 8. The van der Waals surface area contributed by atoms with Gasteiger partial charge in [0, 0.05) is 28.9 Å². The van der Waals surface area contributed by atoms with Crippen LogP contribution in [0.15, 0.2) is 107 Å². The van der Waals surface area contributed by atoms with Gasteiger partial charge in [0.25, 0.3) is 5.69 Å². The molecule has 0 bridgehead atoms. The molecule has 1 N–H and O–H groups in total. The molecule has 5 rings (SSSR count). The predicted octanol–water partition coefficient (Wildman–Crippen LogP) is 6.41. The number of carbonyl (C=O) groups excluding carboxylic acids is 2. The Bertz CT molecular complexity index is 1580. The van der Waals surface area contributed by atoms with E-state index in [2.05, 4.69) is 70.9 Å². The van der Waals surface area contributed by atoms with Gasteiger partial charge in [-0.2, -0.15) is 0 Å². The number of nitro groups is 1. The lowest BCUT2D eigenvalue weighted by Gasteiger charge is -2.43. The zero-order chi connectivity index (χ0) is 32.7. The lowest BCUT2D eigenvalue weighted by molar-refractivity contribution is -0.384. The van der Waals surface area contributed by atoms with Crippen LogP contribution >= 0.6 is 0 Å². The summed E-state index contributed by atoms with van der Waals surface area (Å²) in [6.07, 6.45) is 3.62. The molecule has 1 unspecified atom stereocenters. The van der Waals surface area contributed by atoms with Crippen molar-refractivity contribution in [1.29, 1.82) is 0 Å². The van der Waals surface area contributed by atoms with Gasteiger partial charge in [-0.05, 0) is 75.9 Å². The summed E-state index contributed by atoms with van der Waals surface area (Å²) in [7, 11) is 1.27. The first kappa shape index (κ1) is 32.6. The Hall–Kier alpha value is -4.76. The summed E-state index contributed by atoms with van der Waals surface area (Å²) in [5.41, 5.74) is 4.52. The fraction of sp³-hybridized carbons (Fsp3) is 0.351. The molecule has 2 aliphatic rings. The van der Waals surface area contributed by atoms with E-state index in [1.807, 2.05) is 0 Å². The van der Waals surface area contributed by atoms with Crippen molar-refractivity contribution in [3.63, 3.8) is 0 Å². The number of dihydropyridines is 1. The number of carbonyl (C=O) groups is 2. The molecule has 9 heteroatoms. The van der Waals surface area contributed by atoms with Crippen LogP contribution in [0.4, 0.5) is 5.69 Å². The van der Waals surface area contributed by atoms with Crippen molar-refractivity contribution >= 4 is 17.6 Å². The summed E-state index contributed by atoms with van der Waals surface area (Å²) in [5, 5.41) is 14.6. The number of hydrogen-bond donors (Lipinski definition) is 1. The van der Waals surface area contributed by atoms with Crippen LogP contribution in [0.2, 0.25) is 0 Å². The molecule has 1 atom stereocenters. The highest BCUT2D eigenvalue weighted by Gasteiger charge is 2.39. The second-order valence-corrected chi connectivity index (χ2v) is 12.0. The van der Waals surface area contributed by atoms with E-state index >= 15 is 0 Å². The second kappa shape index (κ2) is 14.6. The minimum absolute atomic E-state index is 0.000256. The van der Waals surface area contributed by atoms with Crippen LogP contribution in [-0.4, -0.2) is 55.1 Å². The van der Waals surface area contributed by atoms with Crippen LogP contribution in [0.3, 0.4) is 0 Å². The third-order valence-electron chi connectivity index (χ3n) is 9.26. The predicted molar refractivity (Wildman–Crippen MR) is 176 cm³/mol. The molecular weight excluding hydrogens is 582 g/mol. The maximum absolute atomic E-state index is 13.5. The van der Waals surface area contributed by atoms with Gasteiger partial charge in [-0.25, -0.2) is 9.59 Å². The highest BCUT2D eigenvalue weighted by Crippen LogP contribution is 2.42. The molecule has 0 radical (unpaired) electrons. The van der Waals surface area contributed by atoms with Crippen LogP contribution in [0.1, 0.15) is 62.1 Å². The minimum Gasteiger partial charge on any atom is -0.466 e. The number of rotatable bonds is 11.